The summed E-state index contributed by atoms with van der Waals surface area (Å²) < 4.78 is 35.2. The van der Waals surface area contributed by atoms with Gasteiger partial charge >= 0.3 is 0 Å². The summed E-state index contributed by atoms with van der Waals surface area (Å²) in [5.41, 5.74) is 1.51. The molecule has 8 heteroatoms. The van der Waals surface area contributed by atoms with E-state index in [0.717, 1.165) is 24.3 Å². The number of aromatic nitrogens is 1. The van der Waals surface area contributed by atoms with Crippen LogP contribution in [0.5, 0.6) is 23.3 Å². The molecule has 0 saturated carbocycles. The average Bonchev–Trinajstić information content (AvgIpc) is 3.07. The van der Waals surface area contributed by atoms with E-state index >= 15 is 0 Å². The molecule has 0 spiro atoms. The molecular formula is C23H15F2NO5. The quantitative estimate of drug-likeness (QED) is 0.575. The molecule has 2 unspecified atom stereocenters. The summed E-state index contributed by atoms with van der Waals surface area (Å²) in [5.74, 6) is -4.46. The number of ketones is 1. The van der Waals surface area contributed by atoms with Gasteiger partial charge in [-0.25, -0.2) is 8.78 Å². The lowest BCUT2D eigenvalue weighted by Gasteiger charge is -2.35. The van der Waals surface area contributed by atoms with Gasteiger partial charge in [0.2, 0.25) is 5.78 Å². The van der Waals surface area contributed by atoms with E-state index in [4.69, 9.17) is 4.74 Å². The number of allylic oxidation sites excluding steroid dienone is 3. The SMILES string of the molecule is O=C1C=C2Oc3cc(O)c(F)cc3C(c3ccc(-n4c(O)ccc4O)cc3)C2C=C1F. The number of nitrogens with zero attached hydrogens (tertiary/aromatic N) is 1. The lowest BCUT2D eigenvalue weighted by atomic mass is 9.75. The van der Waals surface area contributed by atoms with Gasteiger partial charge in [-0.2, -0.15) is 0 Å². The number of fused-ring (bicyclic) bond motifs is 2. The zero-order valence-electron chi connectivity index (χ0n) is 15.8. The molecule has 1 aliphatic heterocycles. The van der Waals surface area contributed by atoms with Crippen molar-refractivity contribution in [3.05, 3.63) is 89.2 Å². The Labute approximate surface area is 174 Å². The van der Waals surface area contributed by atoms with Crippen molar-refractivity contribution in [2.45, 2.75) is 5.92 Å². The van der Waals surface area contributed by atoms with Gasteiger partial charge in [0, 0.05) is 41.7 Å². The van der Waals surface area contributed by atoms with Crippen LogP contribution < -0.4 is 4.74 Å². The summed E-state index contributed by atoms with van der Waals surface area (Å²) in [4.78, 5) is 11.8. The molecule has 2 aromatic carbocycles. The molecule has 2 aliphatic rings. The van der Waals surface area contributed by atoms with Gasteiger partial charge < -0.3 is 20.1 Å². The van der Waals surface area contributed by atoms with Crippen molar-refractivity contribution >= 4 is 5.78 Å². The van der Waals surface area contributed by atoms with Crippen molar-refractivity contribution in [2.75, 3.05) is 0 Å². The van der Waals surface area contributed by atoms with Gasteiger partial charge in [0.15, 0.2) is 29.2 Å². The number of aromatic hydroxyl groups is 3. The van der Waals surface area contributed by atoms with Gasteiger partial charge in [0.05, 0.1) is 5.69 Å². The Hall–Kier alpha value is -4.07. The molecule has 3 aromatic rings. The molecule has 1 aliphatic carbocycles. The Morgan fingerprint density at radius 3 is 2.29 bits per heavy atom. The predicted molar refractivity (Wildman–Crippen MR) is 105 cm³/mol. The number of phenolic OH excluding ortho intramolecular Hbond substituents is 1. The first-order valence-electron chi connectivity index (χ1n) is 9.37. The average molecular weight is 423 g/mol. The first-order valence-corrected chi connectivity index (χ1v) is 9.37. The molecule has 3 N–H and O–H groups in total. The molecule has 2 atom stereocenters. The lowest BCUT2D eigenvalue weighted by Crippen LogP contribution is -2.27. The van der Waals surface area contributed by atoms with Crippen LogP contribution in [0.4, 0.5) is 8.78 Å². The summed E-state index contributed by atoms with van der Waals surface area (Å²) >= 11 is 0. The van der Waals surface area contributed by atoms with Crippen LogP contribution >= 0.6 is 0 Å². The minimum absolute atomic E-state index is 0.153. The van der Waals surface area contributed by atoms with Crippen LogP contribution in [0.25, 0.3) is 5.69 Å². The number of carbonyl (C=O) groups excluding carboxylic acids is 1. The smallest absolute Gasteiger partial charge is 0.217 e. The maximum absolute atomic E-state index is 14.2. The number of carbonyl (C=O) groups is 1. The van der Waals surface area contributed by atoms with Crippen molar-refractivity contribution in [3.63, 3.8) is 0 Å². The Morgan fingerprint density at radius 1 is 0.935 bits per heavy atom. The highest BCUT2D eigenvalue weighted by molar-refractivity contribution is 6.03. The molecule has 0 bridgehead atoms. The molecule has 2 heterocycles. The fraction of sp³-hybridized carbons (Fsp3) is 0.0870. The highest BCUT2D eigenvalue weighted by Gasteiger charge is 2.39. The number of hydrogen-bond donors (Lipinski definition) is 3. The molecule has 31 heavy (non-hydrogen) atoms. The summed E-state index contributed by atoms with van der Waals surface area (Å²) in [5, 5.41) is 29.6. The fourth-order valence-corrected chi connectivity index (χ4v) is 4.08. The fourth-order valence-electron chi connectivity index (χ4n) is 4.08. The van der Waals surface area contributed by atoms with Crippen LogP contribution in [0.2, 0.25) is 0 Å². The zero-order chi connectivity index (χ0) is 21.9. The molecule has 0 fully saturated rings. The zero-order valence-corrected chi connectivity index (χ0v) is 15.8. The molecule has 0 amide bonds. The molecular weight excluding hydrogens is 408 g/mol. The molecule has 6 nitrogen and oxygen atoms in total. The number of halogens is 2. The molecule has 156 valence electrons. The Morgan fingerprint density at radius 2 is 1.61 bits per heavy atom. The van der Waals surface area contributed by atoms with Crippen molar-refractivity contribution in [3.8, 4) is 28.9 Å². The number of ether oxygens (including phenoxy) is 1. The third-order valence-corrected chi connectivity index (χ3v) is 5.51. The van der Waals surface area contributed by atoms with Crippen molar-refractivity contribution in [1.82, 2.24) is 4.57 Å². The van der Waals surface area contributed by atoms with Crippen LogP contribution in [0.15, 0.2) is 72.3 Å². The molecule has 0 radical (unpaired) electrons. The van der Waals surface area contributed by atoms with Gasteiger partial charge in [-0.1, -0.05) is 12.1 Å². The monoisotopic (exact) mass is 423 g/mol. The molecule has 5 rings (SSSR count). The Kier molecular flexibility index (Phi) is 4.11. The topological polar surface area (TPSA) is 91.9 Å². The maximum Gasteiger partial charge on any atom is 0.217 e. The van der Waals surface area contributed by atoms with Gasteiger partial charge in [0.1, 0.15) is 11.5 Å². The van der Waals surface area contributed by atoms with Crippen LogP contribution in [-0.2, 0) is 4.79 Å². The van der Waals surface area contributed by atoms with Crippen LogP contribution in [0, 0.1) is 11.7 Å². The van der Waals surface area contributed by atoms with Gasteiger partial charge in [0.25, 0.3) is 0 Å². The van der Waals surface area contributed by atoms with Crippen molar-refractivity contribution in [1.29, 1.82) is 0 Å². The Bertz CT molecular complexity index is 1270. The number of hydrogen-bond acceptors (Lipinski definition) is 5. The number of benzene rings is 2. The van der Waals surface area contributed by atoms with E-state index in [9.17, 15) is 28.9 Å². The number of rotatable bonds is 2. The van der Waals surface area contributed by atoms with Gasteiger partial charge in [-0.15, -0.1) is 0 Å². The summed E-state index contributed by atoms with van der Waals surface area (Å²) in [6.07, 6.45) is 2.20. The summed E-state index contributed by atoms with van der Waals surface area (Å²) in [7, 11) is 0. The normalized spacial score (nSPS) is 19.7. The third kappa shape index (κ3) is 2.95. The van der Waals surface area contributed by atoms with Gasteiger partial charge in [-0.3, -0.25) is 9.36 Å². The predicted octanol–water partition coefficient (Wildman–Crippen LogP) is 4.19. The van der Waals surface area contributed by atoms with Crippen molar-refractivity contribution in [2.24, 2.45) is 5.92 Å². The highest BCUT2D eigenvalue weighted by Crippen LogP contribution is 2.49. The second-order valence-corrected chi connectivity index (χ2v) is 7.35. The van der Waals surface area contributed by atoms with Crippen LogP contribution in [0.3, 0.4) is 0 Å². The van der Waals surface area contributed by atoms with E-state index in [-0.39, 0.29) is 23.3 Å². The van der Waals surface area contributed by atoms with E-state index in [2.05, 4.69) is 0 Å². The maximum atomic E-state index is 14.2. The van der Waals surface area contributed by atoms with E-state index < -0.39 is 35.0 Å². The first-order chi connectivity index (χ1) is 14.8. The minimum Gasteiger partial charge on any atom is -0.505 e. The largest absolute Gasteiger partial charge is 0.505 e. The second-order valence-electron chi connectivity index (χ2n) is 7.35. The minimum atomic E-state index is -0.927. The summed E-state index contributed by atoms with van der Waals surface area (Å²) in [6, 6.07) is 11.6. The Balaban J connectivity index is 1.65. The molecule has 0 saturated heterocycles. The van der Waals surface area contributed by atoms with Gasteiger partial charge in [-0.05, 0) is 29.8 Å². The summed E-state index contributed by atoms with van der Waals surface area (Å²) in [6.45, 7) is 0. The third-order valence-electron chi connectivity index (χ3n) is 5.51. The standard InChI is InChI=1S/C23H15F2NO5/c24-15-7-13-19(9-17(15)27)31-20-10-18(28)16(25)8-14(20)23(13)11-1-3-12(4-2-11)26-21(29)5-6-22(26)30/h1-10,13,23,28-30H. The van der Waals surface area contributed by atoms with E-state index in [1.807, 2.05) is 0 Å². The second kappa shape index (κ2) is 6.73. The van der Waals surface area contributed by atoms with E-state index in [0.29, 0.717) is 16.8 Å². The number of phenols is 1. The van der Waals surface area contributed by atoms with Crippen LogP contribution in [0.1, 0.15) is 17.0 Å². The molecule has 1 aromatic heterocycles. The lowest BCUT2D eigenvalue weighted by molar-refractivity contribution is -0.113. The van der Waals surface area contributed by atoms with E-state index in [1.54, 1.807) is 24.3 Å². The highest BCUT2D eigenvalue weighted by atomic mass is 19.1. The first kappa shape index (κ1) is 18.9. The van der Waals surface area contributed by atoms with Crippen molar-refractivity contribution < 1.29 is 33.6 Å². The van der Waals surface area contributed by atoms with E-state index in [1.165, 1.54) is 16.7 Å². The van der Waals surface area contributed by atoms with Crippen LogP contribution in [-0.4, -0.2) is 25.7 Å².